The third kappa shape index (κ3) is 3.64. The Balaban J connectivity index is 1.13. The second kappa shape index (κ2) is 8.36. The predicted octanol–water partition coefficient (Wildman–Crippen LogP) is 1.93. The van der Waals surface area contributed by atoms with Crippen molar-refractivity contribution in [2.75, 3.05) is 44.2 Å². The molecule has 1 saturated carbocycles. The third-order valence-corrected chi connectivity index (χ3v) is 8.92. The third-order valence-electron chi connectivity index (χ3n) is 8.92. The zero-order valence-electron chi connectivity index (χ0n) is 20.8. The number of amides is 2. The Kier molecular flexibility index (Phi) is 5.40. The van der Waals surface area contributed by atoms with Crippen LogP contribution in [0.25, 0.3) is 0 Å². The van der Waals surface area contributed by atoms with Crippen LogP contribution in [0.4, 0.5) is 5.69 Å². The van der Waals surface area contributed by atoms with Crippen molar-refractivity contribution >= 4 is 17.5 Å². The number of benzene rings is 1. The summed E-state index contributed by atoms with van der Waals surface area (Å²) in [6.07, 6.45) is 4.51. The SMILES string of the molecule is Cc1cccc(N2CCN(C(=O)Cn3nc(C(=O)N4CC5(CO)CC4C5)c4c3CCC4)CC2)c1C. The second-order valence-corrected chi connectivity index (χ2v) is 11.0. The molecule has 186 valence electrons. The molecular weight excluding hydrogens is 442 g/mol. The first-order chi connectivity index (χ1) is 16.9. The van der Waals surface area contributed by atoms with Gasteiger partial charge in [0.25, 0.3) is 5.91 Å². The second-order valence-electron chi connectivity index (χ2n) is 11.0. The maximum absolute atomic E-state index is 13.4. The van der Waals surface area contributed by atoms with Crippen LogP contribution in [-0.4, -0.2) is 81.9 Å². The maximum atomic E-state index is 13.4. The molecule has 3 saturated heterocycles. The summed E-state index contributed by atoms with van der Waals surface area (Å²) in [5.41, 5.74) is 6.37. The molecule has 4 heterocycles. The van der Waals surface area contributed by atoms with Crippen LogP contribution in [0, 0.1) is 19.3 Å². The van der Waals surface area contributed by atoms with E-state index in [0.29, 0.717) is 25.3 Å². The van der Waals surface area contributed by atoms with Crippen molar-refractivity contribution in [1.82, 2.24) is 19.6 Å². The lowest BCUT2D eigenvalue weighted by Crippen LogP contribution is -2.50. The molecule has 2 aliphatic carbocycles. The number of fused-ring (bicyclic) bond motifs is 2. The molecule has 2 aromatic rings. The van der Waals surface area contributed by atoms with Crippen molar-refractivity contribution in [2.24, 2.45) is 5.41 Å². The fourth-order valence-corrected chi connectivity index (χ4v) is 6.65. The lowest BCUT2D eigenvalue weighted by molar-refractivity contribution is -0.132. The van der Waals surface area contributed by atoms with E-state index in [1.54, 1.807) is 4.68 Å². The molecule has 3 aliphatic heterocycles. The minimum Gasteiger partial charge on any atom is -0.396 e. The number of aryl methyl sites for hydroxylation is 1. The Morgan fingerprint density at radius 2 is 1.89 bits per heavy atom. The predicted molar refractivity (Wildman–Crippen MR) is 133 cm³/mol. The van der Waals surface area contributed by atoms with E-state index in [-0.39, 0.29) is 36.4 Å². The molecule has 2 amide bonds. The molecule has 0 atom stereocenters. The number of hydrogen-bond acceptors (Lipinski definition) is 5. The summed E-state index contributed by atoms with van der Waals surface area (Å²) in [6, 6.07) is 6.63. The van der Waals surface area contributed by atoms with Gasteiger partial charge in [0.2, 0.25) is 5.91 Å². The van der Waals surface area contributed by atoms with E-state index in [2.05, 4.69) is 36.9 Å². The normalized spacial score (nSPS) is 25.1. The lowest BCUT2D eigenvalue weighted by atomic mass is 9.71. The van der Waals surface area contributed by atoms with E-state index in [4.69, 9.17) is 5.10 Å². The molecule has 0 unspecified atom stereocenters. The number of aromatic nitrogens is 2. The largest absolute Gasteiger partial charge is 0.396 e. The zero-order valence-corrected chi connectivity index (χ0v) is 20.8. The van der Waals surface area contributed by atoms with E-state index in [9.17, 15) is 14.7 Å². The first kappa shape index (κ1) is 22.6. The highest BCUT2D eigenvalue weighted by atomic mass is 16.3. The molecule has 2 bridgehead atoms. The van der Waals surface area contributed by atoms with Gasteiger partial charge in [-0.25, -0.2) is 0 Å². The quantitative estimate of drug-likeness (QED) is 0.712. The number of carbonyl (C=O) groups is 2. The van der Waals surface area contributed by atoms with Gasteiger partial charge < -0.3 is 19.8 Å². The van der Waals surface area contributed by atoms with Crippen molar-refractivity contribution in [3.05, 3.63) is 46.3 Å². The van der Waals surface area contributed by atoms with Gasteiger partial charge in [-0.15, -0.1) is 0 Å². The first-order valence-electron chi connectivity index (χ1n) is 13.0. The van der Waals surface area contributed by atoms with Gasteiger partial charge in [-0.2, -0.15) is 5.10 Å². The van der Waals surface area contributed by atoms with Gasteiger partial charge in [-0.3, -0.25) is 14.3 Å². The van der Waals surface area contributed by atoms with Gasteiger partial charge in [0.1, 0.15) is 6.54 Å². The van der Waals surface area contributed by atoms with Crippen LogP contribution in [0.5, 0.6) is 0 Å². The summed E-state index contributed by atoms with van der Waals surface area (Å²) >= 11 is 0. The van der Waals surface area contributed by atoms with Gasteiger partial charge in [-0.05, 0) is 63.1 Å². The Morgan fingerprint density at radius 1 is 1.11 bits per heavy atom. The van der Waals surface area contributed by atoms with E-state index in [1.165, 1.54) is 16.8 Å². The Morgan fingerprint density at radius 3 is 2.60 bits per heavy atom. The average Bonchev–Trinajstić information content (AvgIpc) is 3.61. The molecule has 8 nitrogen and oxygen atoms in total. The van der Waals surface area contributed by atoms with E-state index < -0.39 is 0 Å². The number of hydrogen-bond donors (Lipinski definition) is 1. The Bertz CT molecular complexity index is 1170. The topological polar surface area (TPSA) is 81.9 Å². The van der Waals surface area contributed by atoms with Crippen LogP contribution >= 0.6 is 0 Å². The molecule has 1 N–H and O–H groups in total. The molecule has 7 rings (SSSR count). The van der Waals surface area contributed by atoms with Crippen molar-refractivity contribution in [3.63, 3.8) is 0 Å². The Labute approximate surface area is 206 Å². The molecule has 1 aromatic carbocycles. The minimum absolute atomic E-state index is 0.0192. The first-order valence-corrected chi connectivity index (χ1v) is 13.0. The summed E-state index contributed by atoms with van der Waals surface area (Å²) in [7, 11) is 0. The van der Waals surface area contributed by atoms with Gasteiger partial charge in [0.05, 0.1) is 6.61 Å². The van der Waals surface area contributed by atoms with Crippen LogP contribution < -0.4 is 4.90 Å². The van der Waals surface area contributed by atoms with E-state index >= 15 is 0 Å². The summed E-state index contributed by atoms with van der Waals surface area (Å²) in [5.74, 6) is 0.0544. The van der Waals surface area contributed by atoms with Crippen LogP contribution in [0.1, 0.15) is 52.1 Å². The number of carbonyl (C=O) groups excluding carboxylic acids is 2. The number of rotatable bonds is 5. The highest BCUT2D eigenvalue weighted by molar-refractivity contribution is 5.95. The molecule has 5 aliphatic rings. The molecule has 0 radical (unpaired) electrons. The van der Waals surface area contributed by atoms with Gasteiger partial charge in [0.15, 0.2) is 5.69 Å². The molecule has 1 aromatic heterocycles. The van der Waals surface area contributed by atoms with Crippen molar-refractivity contribution in [3.8, 4) is 0 Å². The van der Waals surface area contributed by atoms with Crippen molar-refractivity contribution in [2.45, 2.75) is 58.5 Å². The highest BCUT2D eigenvalue weighted by Gasteiger charge is 2.56. The molecule has 0 spiro atoms. The average molecular weight is 478 g/mol. The van der Waals surface area contributed by atoms with Crippen LogP contribution in [0.2, 0.25) is 0 Å². The summed E-state index contributed by atoms with van der Waals surface area (Å²) < 4.78 is 1.80. The minimum atomic E-state index is -0.0961. The maximum Gasteiger partial charge on any atom is 0.274 e. The smallest absolute Gasteiger partial charge is 0.274 e. The number of anilines is 1. The Hall–Kier alpha value is -2.87. The molecule has 35 heavy (non-hydrogen) atoms. The molecular formula is C27H35N5O3. The highest BCUT2D eigenvalue weighted by Crippen LogP contribution is 2.51. The number of aliphatic hydroxyl groups excluding tert-OH is 1. The number of piperazine rings is 1. The van der Waals surface area contributed by atoms with Gasteiger partial charge >= 0.3 is 0 Å². The molecule has 8 heteroatoms. The number of aliphatic hydroxyl groups is 1. The fraction of sp³-hybridized carbons (Fsp3) is 0.593. The van der Waals surface area contributed by atoms with Crippen LogP contribution in [-0.2, 0) is 24.2 Å². The van der Waals surface area contributed by atoms with Gasteiger partial charge in [-0.1, -0.05) is 12.1 Å². The fourth-order valence-electron chi connectivity index (χ4n) is 6.65. The standard InChI is InChI=1S/C27H35N5O3/c1-18-5-3-7-22(19(18)2)29-9-11-30(12-10-29)24(34)15-32-23-8-4-6-21(23)25(28-32)26(35)31-16-27(17-33)13-20(31)14-27/h3,5,7,20,33H,4,6,8-17H2,1-2H3. The van der Waals surface area contributed by atoms with E-state index in [1.807, 2.05) is 9.80 Å². The van der Waals surface area contributed by atoms with Crippen LogP contribution in [0.3, 0.4) is 0 Å². The van der Waals surface area contributed by atoms with E-state index in [0.717, 1.165) is 56.5 Å². The number of nitrogens with zero attached hydrogens (tertiary/aromatic N) is 5. The summed E-state index contributed by atoms with van der Waals surface area (Å²) in [6.45, 7) is 8.29. The lowest BCUT2D eigenvalue weighted by Gasteiger charge is -2.37. The monoisotopic (exact) mass is 477 g/mol. The van der Waals surface area contributed by atoms with Crippen molar-refractivity contribution < 1.29 is 14.7 Å². The van der Waals surface area contributed by atoms with Crippen LogP contribution in [0.15, 0.2) is 18.2 Å². The zero-order chi connectivity index (χ0) is 24.3. The molecule has 4 fully saturated rings. The van der Waals surface area contributed by atoms with Crippen molar-refractivity contribution in [1.29, 1.82) is 0 Å². The van der Waals surface area contributed by atoms with Gasteiger partial charge in [0, 0.05) is 61.1 Å². The summed E-state index contributed by atoms with van der Waals surface area (Å²) in [4.78, 5) is 32.8. The summed E-state index contributed by atoms with van der Waals surface area (Å²) in [5, 5.41) is 14.4.